The first-order valence-electron chi connectivity index (χ1n) is 7.86. The van der Waals surface area contributed by atoms with Crippen molar-refractivity contribution >= 4 is 22.7 Å². The van der Waals surface area contributed by atoms with E-state index in [1.807, 2.05) is 45.0 Å². The summed E-state index contributed by atoms with van der Waals surface area (Å²) in [4.78, 5) is 23.3. The normalized spacial score (nSPS) is 18.0. The fourth-order valence-corrected chi connectivity index (χ4v) is 3.07. The van der Waals surface area contributed by atoms with Gasteiger partial charge in [0.25, 0.3) is 0 Å². The van der Waals surface area contributed by atoms with Crippen LogP contribution in [0.25, 0.3) is 10.8 Å². The van der Waals surface area contributed by atoms with E-state index in [1.165, 1.54) is 13.8 Å². The predicted molar refractivity (Wildman–Crippen MR) is 89.7 cm³/mol. The van der Waals surface area contributed by atoms with Gasteiger partial charge in [0.05, 0.1) is 5.56 Å². The molecule has 126 valence electrons. The minimum absolute atomic E-state index is 0.113. The fourth-order valence-electron chi connectivity index (χ4n) is 3.07. The van der Waals surface area contributed by atoms with Gasteiger partial charge in [0, 0.05) is 30.0 Å². The SMILES string of the molecule is CC(=O)Oc1c2c(c3ccccc3c1OC(C)=O)OC(C)C2(C)C. The molecule has 0 amide bonds. The van der Waals surface area contributed by atoms with Crippen LogP contribution in [0, 0.1) is 0 Å². The number of carbonyl (C=O) groups excluding carboxylic acids is 2. The lowest BCUT2D eigenvalue weighted by molar-refractivity contribution is -0.134. The molecule has 1 aliphatic rings. The van der Waals surface area contributed by atoms with E-state index in [1.54, 1.807) is 0 Å². The molecule has 1 heterocycles. The van der Waals surface area contributed by atoms with E-state index < -0.39 is 17.4 Å². The Morgan fingerprint density at radius 3 is 2.12 bits per heavy atom. The zero-order valence-electron chi connectivity index (χ0n) is 14.4. The molecule has 0 aromatic heterocycles. The molecule has 0 aliphatic carbocycles. The van der Waals surface area contributed by atoms with Gasteiger partial charge < -0.3 is 14.2 Å². The Morgan fingerprint density at radius 2 is 1.54 bits per heavy atom. The number of fused-ring (bicyclic) bond motifs is 3. The zero-order valence-corrected chi connectivity index (χ0v) is 14.4. The topological polar surface area (TPSA) is 61.8 Å². The van der Waals surface area contributed by atoms with E-state index in [2.05, 4.69) is 0 Å². The molecule has 0 bridgehead atoms. The van der Waals surface area contributed by atoms with E-state index in [0.717, 1.165) is 10.9 Å². The molecule has 2 aromatic rings. The number of esters is 2. The highest BCUT2D eigenvalue weighted by molar-refractivity contribution is 6.00. The van der Waals surface area contributed by atoms with Crippen LogP contribution in [0.4, 0.5) is 0 Å². The third kappa shape index (κ3) is 2.40. The molecule has 0 saturated heterocycles. The molecule has 0 saturated carbocycles. The first kappa shape index (κ1) is 16.3. The highest BCUT2D eigenvalue weighted by Gasteiger charge is 2.44. The summed E-state index contributed by atoms with van der Waals surface area (Å²) in [6.07, 6.45) is -0.113. The molecular weight excluding hydrogens is 308 g/mol. The summed E-state index contributed by atoms with van der Waals surface area (Å²) in [5.74, 6) is 0.253. The Morgan fingerprint density at radius 1 is 1.00 bits per heavy atom. The summed E-state index contributed by atoms with van der Waals surface area (Å²) >= 11 is 0. The number of ether oxygens (including phenoxy) is 3. The van der Waals surface area contributed by atoms with E-state index in [9.17, 15) is 9.59 Å². The van der Waals surface area contributed by atoms with Crippen LogP contribution in [-0.2, 0) is 15.0 Å². The van der Waals surface area contributed by atoms with Gasteiger partial charge in [-0.1, -0.05) is 38.1 Å². The Kier molecular flexibility index (Phi) is 3.74. The molecule has 0 fully saturated rings. The first-order chi connectivity index (χ1) is 11.2. The monoisotopic (exact) mass is 328 g/mol. The molecule has 3 rings (SSSR count). The number of carbonyl (C=O) groups is 2. The van der Waals surface area contributed by atoms with E-state index in [4.69, 9.17) is 14.2 Å². The van der Waals surface area contributed by atoms with Crippen LogP contribution in [0.1, 0.15) is 40.2 Å². The van der Waals surface area contributed by atoms with Gasteiger partial charge in [0.2, 0.25) is 0 Å². The van der Waals surface area contributed by atoms with Crippen molar-refractivity contribution in [3.63, 3.8) is 0 Å². The van der Waals surface area contributed by atoms with Crippen molar-refractivity contribution in [1.82, 2.24) is 0 Å². The van der Waals surface area contributed by atoms with E-state index in [-0.39, 0.29) is 17.6 Å². The summed E-state index contributed by atoms with van der Waals surface area (Å²) in [5, 5.41) is 1.50. The Hall–Kier alpha value is -2.56. The molecule has 5 heteroatoms. The smallest absolute Gasteiger partial charge is 0.308 e. The van der Waals surface area contributed by atoms with Crippen LogP contribution in [0.3, 0.4) is 0 Å². The number of benzene rings is 2. The van der Waals surface area contributed by atoms with E-state index >= 15 is 0 Å². The summed E-state index contributed by atoms with van der Waals surface area (Å²) < 4.78 is 17.0. The van der Waals surface area contributed by atoms with Gasteiger partial charge >= 0.3 is 11.9 Å². The van der Waals surface area contributed by atoms with Crippen LogP contribution in [0.15, 0.2) is 24.3 Å². The molecule has 1 aliphatic heterocycles. The lowest BCUT2D eigenvalue weighted by Crippen LogP contribution is -2.29. The average Bonchev–Trinajstić information content (AvgIpc) is 2.72. The Balaban J connectivity index is 2.45. The van der Waals surface area contributed by atoms with Gasteiger partial charge in [-0.2, -0.15) is 0 Å². The average molecular weight is 328 g/mol. The van der Waals surface area contributed by atoms with Crippen molar-refractivity contribution in [2.75, 3.05) is 0 Å². The molecule has 0 spiro atoms. The highest BCUT2D eigenvalue weighted by atomic mass is 16.6. The second-order valence-electron chi connectivity index (χ2n) is 6.58. The molecule has 5 nitrogen and oxygen atoms in total. The molecule has 0 N–H and O–H groups in total. The van der Waals surface area contributed by atoms with Gasteiger partial charge in [-0.15, -0.1) is 0 Å². The first-order valence-corrected chi connectivity index (χ1v) is 7.86. The minimum atomic E-state index is -0.476. The maximum atomic E-state index is 11.7. The largest absolute Gasteiger partial charge is 0.489 e. The fraction of sp³-hybridized carbons (Fsp3) is 0.368. The maximum absolute atomic E-state index is 11.7. The van der Waals surface area contributed by atoms with Crippen LogP contribution in [0.5, 0.6) is 17.2 Å². The maximum Gasteiger partial charge on any atom is 0.308 e. The Bertz CT molecular complexity index is 850. The van der Waals surface area contributed by atoms with Gasteiger partial charge in [0.15, 0.2) is 11.5 Å². The summed E-state index contributed by atoms with van der Waals surface area (Å²) in [5.41, 5.74) is 0.346. The van der Waals surface area contributed by atoms with Crippen molar-refractivity contribution in [2.24, 2.45) is 0 Å². The van der Waals surface area contributed by atoms with Crippen molar-refractivity contribution in [3.8, 4) is 17.2 Å². The number of rotatable bonds is 2. The summed E-state index contributed by atoms with van der Waals surface area (Å²) in [7, 11) is 0. The Labute approximate surface area is 140 Å². The van der Waals surface area contributed by atoms with E-state index in [0.29, 0.717) is 11.1 Å². The second kappa shape index (κ2) is 5.51. The van der Waals surface area contributed by atoms with Gasteiger partial charge in [-0.3, -0.25) is 9.59 Å². The van der Waals surface area contributed by atoms with Crippen molar-refractivity contribution in [1.29, 1.82) is 0 Å². The van der Waals surface area contributed by atoms with Gasteiger partial charge in [-0.25, -0.2) is 0 Å². The number of hydrogen-bond acceptors (Lipinski definition) is 5. The lowest BCUT2D eigenvalue weighted by Gasteiger charge is -2.24. The van der Waals surface area contributed by atoms with Crippen LogP contribution in [-0.4, -0.2) is 18.0 Å². The second-order valence-corrected chi connectivity index (χ2v) is 6.58. The molecule has 0 radical (unpaired) electrons. The predicted octanol–water partition coefficient (Wildman–Crippen LogP) is 3.75. The minimum Gasteiger partial charge on any atom is -0.489 e. The number of hydrogen-bond donors (Lipinski definition) is 0. The molecule has 1 atom stereocenters. The zero-order chi connectivity index (χ0) is 17.6. The molecular formula is C19H20O5. The third-order valence-corrected chi connectivity index (χ3v) is 4.52. The van der Waals surface area contributed by atoms with Crippen molar-refractivity contribution < 1.29 is 23.8 Å². The van der Waals surface area contributed by atoms with Crippen molar-refractivity contribution in [2.45, 2.75) is 46.1 Å². The molecule has 1 unspecified atom stereocenters. The van der Waals surface area contributed by atoms with Crippen LogP contribution in [0.2, 0.25) is 0 Å². The van der Waals surface area contributed by atoms with Crippen LogP contribution >= 0.6 is 0 Å². The standard InChI is InChI=1S/C19H20O5/c1-10-19(4,5)15-16(22-10)13-8-6-7-9-14(13)17(23-11(2)20)18(15)24-12(3)21/h6-10H,1-5H3. The highest BCUT2D eigenvalue weighted by Crippen LogP contribution is 2.55. The summed E-state index contributed by atoms with van der Waals surface area (Å²) in [6, 6.07) is 7.46. The molecule has 24 heavy (non-hydrogen) atoms. The third-order valence-electron chi connectivity index (χ3n) is 4.52. The van der Waals surface area contributed by atoms with Gasteiger partial charge in [-0.05, 0) is 6.92 Å². The summed E-state index contributed by atoms with van der Waals surface area (Å²) in [6.45, 7) is 8.65. The molecule has 2 aromatic carbocycles. The van der Waals surface area contributed by atoms with Crippen LogP contribution < -0.4 is 14.2 Å². The quantitative estimate of drug-likeness (QED) is 0.620. The lowest BCUT2D eigenvalue weighted by atomic mass is 9.80. The van der Waals surface area contributed by atoms with Crippen molar-refractivity contribution in [3.05, 3.63) is 29.8 Å². The van der Waals surface area contributed by atoms with Gasteiger partial charge in [0.1, 0.15) is 11.9 Å².